The molecule has 0 heterocycles. The van der Waals surface area contributed by atoms with E-state index in [1.807, 2.05) is 6.08 Å². The average Bonchev–Trinajstić information content (AvgIpc) is 3.39. The molecule has 0 aliphatic carbocycles. The molecule has 0 bridgehead atoms. The van der Waals surface area contributed by atoms with Crippen LogP contribution in [0.2, 0.25) is 0 Å². The highest BCUT2D eigenvalue weighted by molar-refractivity contribution is 5.71. The minimum Gasteiger partial charge on any atom is -0.462 e. The highest BCUT2D eigenvalue weighted by Gasteiger charge is 2.19. The van der Waals surface area contributed by atoms with Gasteiger partial charge in [0.1, 0.15) is 13.2 Å². The van der Waals surface area contributed by atoms with Crippen molar-refractivity contribution in [3.63, 3.8) is 0 Å². The Hall–Kier alpha value is -2.63. The summed E-state index contributed by atoms with van der Waals surface area (Å²) in [5.41, 5.74) is 0. The zero-order valence-corrected chi connectivity index (χ0v) is 48.9. The average molecular weight is 1020 g/mol. The second-order valence-electron chi connectivity index (χ2n) is 21.7. The van der Waals surface area contributed by atoms with E-state index in [0.717, 1.165) is 64.2 Å². The van der Waals surface area contributed by atoms with Gasteiger partial charge >= 0.3 is 17.9 Å². The van der Waals surface area contributed by atoms with E-state index in [1.54, 1.807) is 0 Å². The van der Waals surface area contributed by atoms with Crippen molar-refractivity contribution in [2.75, 3.05) is 13.2 Å². The van der Waals surface area contributed by atoms with Gasteiger partial charge in [-0.2, -0.15) is 0 Å². The Balaban J connectivity index is 3.99. The van der Waals surface area contributed by atoms with Crippen LogP contribution in [-0.4, -0.2) is 37.2 Å². The molecule has 1 atom stereocenters. The summed E-state index contributed by atoms with van der Waals surface area (Å²) in [5, 5.41) is 0. The van der Waals surface area contributed by atoms with E-state index in [1.165, 1.54) is 231 Å². The number of ether oxygens (including phenoxy) is 3. The molecule has 0 radical (unpaired) electrons. The van der Waals surface area contributed by atoms with Crippen LogP contribution in [0.5, 0.6) is 0 Å². The van der Waals surface area contributed by atoms with E-state index in [9.17, 15) is 14.4 Å². The van der Waals surface area contributed by atoms with Gasteiger partial charge < -0.3 is 14.2 Å². The third-order valence-electron chi connectivity index (χ3n) is 14.4. The third kappa shape index (κ3) is 60.1. The van der Waals surface area contributed by atoms with Gasteiger partial charge in [0.05, 0.1) is 0 Å². The van der Waals surface area contributed by atoms with Crippen LogP contribution < -0.4 is 0 Å². The smallest absolute Gasteiger partial charge is 0.306 e. The SMILES string of the molecule is CC/C=C\C/C=C\C/C=C\C/C=C\CCC(=O)OC(COC(=O)CCCCCCCCCCC)COC(=O)CCCCCCCCCCCCCCCCCCCCCCCCCCCCCCCCCCC. The summed E-state index contributed by atoms with van der Waals surface area (Å²) in [6.07, 6.45) is 77.6. The fourth-order valence-corrected chi connectivity index (χ4v) is 9.58. The van der Waals surface area contributed by atoms with E-state index in [0.29, 0.717) is 19.3 Å². The molecule has 0 rings (SSSR count). The lowest BCUT2D eigenvalue weighted by atomic mass is 10.0. The summed E-state index contributed by atoms with van der Waals surface area (Å²) < 4.78 is 16.7. The number of hydrogen-bond donors (Lipinski definition) is 0. The molecule has 0 spiro atoms. The van der Waals surface area contributed by atoms with Crippen molar-refractivity contribution >= 4 is 17.9 Å². The normalized spacial score (nSPS) is 12.3. The highest BCUT2D eigenvalue weighted by Crippen LogP contribution is 2.18. The first-order valence-corrected chi connectivity index (χ1v) is 32.1. The topological polar surface area (TPSA) is 78.9 Å². The Labute approximate surface area is 454 Å². The molecule has 0 saturated heterocycles. The molecular formula is C67H122O6. The lowest BCUT2D eigenvalue weighted by Crippen LogP contribution is -2.30. The van der Waals surface area contributed by atoms with Gasteiger partial charge in [0.2, 0.25) is 0 Å². The van der Waals surface area contributed by atoms with Gasteiger partial charge in [-0.15, -0.1) is 0 Å². The summed E-state index contributed by atoms with van der Waals surface area (Å²) in [4.78, 5) is 38.0. The van der Waals surface area contributed by atoms with Gasteiger partial charge in [0.15, 0.2) is 6.10 Å². The quantitative estimate of drug-likeness (QED) is 0.0261. The molecule has 0 aromatic heterocycles. The molecule has 1 unspecified atom stereocenters. The number of carbonyl (C=O) groups is 3. The van der Waals surface area contributed by atoms with Crippen molar-refractivity contribution in [2.24, 2.45) is 0 Å². The molecule has 0 aromatic carbocycles. The van der Waals surface area contributed by atoms with Crippen molar-refractivity contribution in [3.8, 4) is 0 Å². The Morgan fingerprint density at radius 1 is 0.288 bits per heavy atom. The van der Waals surface area contributed by atoms with Crippen LogP contribution in [0.3, 0.4) is 0 Å². The van der Waals surface area contributed by atoms with Gasteiger partial charge in [-0.05, 0) is 44.9 Å². The van der Waals surface area contributed by atoms with Crippen LogP contribution in [0.1, 0.15) is 342 Å². The Morgan fingerprint density at radius 2 is 0.534 bits per heavy atom. The predicted octanol–water partition coefficient (Wildman–Crippen LogP) is 21.8. The molecule has 426 valence electrons. The molecule has 0 N–H and O–H groups in total. The number of unbranched alkanes of at least 4 members (excludes halogenated alkanes) is 40. The first-order valence-electron chi connectivity index (χ1n) is 32.1. The van der Waals surface area contributed by atoms with E-state index in [4.69, 9.17) is 14.2 Å². The standard InChI is InChI=1S/C67H122O6/c1-4-7-10-13-16-19-21-23-24-25-26-27-28-29-30-31-32-33-34-35-36-37-38-39-40-41-42-44-45-48-51-54-57-60-66(69)72-63-64(62-71-65(68)59-56-53-50-47-18-15-12-9-6-3)73-67(70)61-58-55-52-49-46-43-22-20-17-14-11-8-5-2/h8,11,17,20,43,46,52,55,64H,4-7,9-10,12-16,18-19,21-42,44-45,47-51,53-54,56-63H2,1-3H3/b11-8-,20-17-,46-43-,55-52-. The number of rotatable bonds is 59. The number of carbonyl (C=O) groups excluding carboxylic acids is 3. The van der Waals surface area contributed by atoms with Crippen molar-refractivity contribution in [3.05, 3.63) is 48.6 Å². The number of hydrogen-bond acceptors (Lipinski definition) is 6. The zero-order chi connectivity index (χ0) is 52.9. The van der Waals surface area contributed by atoms with Gasteiger partial charge in [0, 0.05) is 19.3 Å². The van der Waals surface area contributed by atoms with Crippen LogP contribution in [0, 0.1) is 0 Å². The van der Waals surface area contributed by atoms with E-state index in [-0.39, 0.29) is 37.5 Å². The molecule has 0 aliphatic heterocycles. The summed E-state index contributed by atoms with van der Waals surface area (Å²) >= 11 is 0. The third-order valence-corrected chi connectivity index (χ3v) is 14.4. The van der Waals surface area contributed by atoms with Crippen LogP contribution in [-0.2, 0) is 28.6 Å². The maximum Gasteiger partial charge on any atom is 0.306 e. The van der Waals surface area contributed by atoms with Crippen molar-refractivity contribution in [1.29, 1.82) is 0 Å². The van der Waals surface area contributed by atoms with E-state index < -0.39 is 6.10 Å². The molecular weight excluding hydrogens is 901 g/mol. The Kier molecular flexibility index (Phi) is 59.7. The van der Waals surface area contributed by atoms with Crippen molar-refractivity contribution < 1.29 is 28.6 Å². The summed E-state index contributed by atoms with van der Waals surface area (Å²) in [7, 11) is 0. The fraction of sp³-hybridized carbons (Fsp3) is 0.836. The van der Waals surface area contributed by atoms with Crippen LogP contribution in [0.25, 0.3) is 0 Å². The van der Waals surface area contributed by atoms with Crippen LogP contribution in [0.4, 0.5) is 0 Å². The maximum atomic E-state index is 12.8. The van der Waals surface area contributed by atoms with Gasteiger partial charge in [-0.3, -0.25) is 14.4 Å². The minimum atomic E-state index is -0.806. The van der Waals surface area contributed by atoms with Gasteiger partial charge in [0.25, 0.3) is 0 Å². The van der Waals surface area contributed by atoms with Gasteiger partial charge in [-0.25, -0.2) is 0 Å². The monoisotopic (exact) mass is 1020 g/mol. The number of allylic oxidation sites excluding steroid dienone is 8. The maximum absolute atomic E-state index is 12.8. The summed E-state index contributed by atoms with van der Waals surface area (Å²) in [5.74, 6) is -0.968. The second kappa shape index (κ2) is 61.9. The molecule has 0 aromatic rings. The molecule has 6 nitrogen and oxygen atoms in total. The summed E-state index contributed by atoms with van der Waals surface area (Å²) in [6.45, 7) is 6.48. The molecule has 6 heteroatoms. The zero-order valence-electron chi connectivity index (χ0n) is 48.9. The van der Waals surface area contributed by atoms with Crippen LogP contribution >= 0.6 is 0 Å². The lowest BCUT2D eigenvalue weighted by molar-refractivity contribution is -0.166. The Morgan fingerprint density at radius 3 is 0.808 bits per heavy atom. The first-order chi connectivity index (χ1) is 36.0. The van der Waals surface area contributed by atoms with Crippen molar-refractivity contribution in [2.45, 2.75) is 348 Å². The summed E-state index contributed by atoms with van der Waals surface area (Å²) in [6, 6.07) is 0. The molecule has 0 saturated carbocycles. The first kappa shape index (κ1) is 70.4. The number of esters is 3. The molecule has 0 aliphatic rings. The molecule has 0 fully saturated rings. The van der Waals surface area contributed by atoms with E-state index >= 15 is 0 Å². The van der Waals surface area contributed by atoms with Crippen molar-refractivity contribution in [1.82, 2.24) is 0 Å². The molecule has 73 heavy (non-hydrogen) atoms. The van der Waals surface area contributed by atoms with E-state index in [2.05, 4.69) is 63.3 Å². The lowest BCUT2D eigenvalue weighted by Gasteiger charge is -2.18. The highest BCUT2D eigenvalue weighted by atomic mass is 16.6. The molecule has 0 amide bonds. The second-order valence-corrected chi connectivity index (χ2v) is 21.7. The minimum absolute atomic E-state index is 0.0977. The largest absolute Gasteiger partial charge is 0.462 e. The van der Waals surface area contributed by atoms with Gasteiger partial charge in [-0.1, -0.05) is 326 Å². The van der Waals surface area contributed by atoms with Crippen LogP contribution in [0.15, 0.2) is 48.6 Å². The predicted molar refractivity (Wildman–Crippen MR) is 316 cm³/mol. The fourth-order valence-electron chi connectivity index (χ4n) is 9.58. The Bertz CT molecular complexity index is 1270.